The van der Waals surface area contributed by atoms with E-state index in [9.17, 15) is 14.4 Å². The van der Waals surface area contributed by atoms with Crippen molar-refractivity contribution in [2.75, 3.05) is 16.9 Å². The predicted octanol–water partition coefficient (Wildman–Crippen LogP) is 3.47. The maximum Gasteiger partial charge on any atom is 0.282 e. The van der Waals surface area contributed by atoms with Gasteiger partial charge in [-0.25, -0.2) is 5.01 Å². The van der Waals surface area contributed by atoms with Crippen molar-refractivity contribution in [1.29, 1.82) is 0 Å². The van der Waals surface area contributed by atoms with Crippen LogP contribution in [0.3, 0.4) is 0 Å². The molecule has 1 aliphatic rings. The van der Waals surface area contributed by atoms with E-state index in [1.54, 1.807) is 48.5 Å². The molecule has 3 aromatic rings. The van der Waals surface area contributed by atoms with Crippen molar-refractivity contribution in [3.8, 4) is 5.75 Å². The van der Waals surface area contributed by atoms with Crippen molar-refractivity contribution in [1.82, 2.24) is 5.43 Å². The van der Waals surface area contributed by atoms with Crippen molar-refractivity contribution in [2.24, 2.45) is 0 Å². The number of amides is 3. The lowest BCUT2D eigenvalue weighted by atomic mass is 10.1. The first kappa shape index (κ1) is 20.9. The molecule has 0 spiro atoms. The van der Waals surface area contributed by atoms with Crippen LogP contribution in [0.4, 0.5) is 11.4 Å². The van der Waals surface area contributed by atoms with E-state index in [-0.39, 0.29) is 18.1 Å². The minimum atomic E-state index is -0.466. The molecule has 3 amide bonds. The van der Waals surface area contributed by atoms with Gasteiger partial charge in [0.25, 0.3) is 17.7 Å². The van der Waals surface area contributed by atoms with E-state index in [2.05, 4.69) is 10.7 Å². The van der Waals surface area contributed by atoms with Gasteiger partial charge < -0.3 is 10.1 Å². The Morgan fingerprint density at radius 1 is 0.969 bits per heavy atom. The first-order valence-electron chi connectivity index (χ1n) is 10.0. The molecule has 1 saturated heterocycles. The zero-order chi connectivity index (χ0) is 22.5. The molecule has 7 nitrogen and oxygen atoms in total. The molecule has 0 unspecified atom stereocenters. The Hall–Kier alpha value is -4.39. The van der Waals surface area contributed by atoms with Crippen LogP contribution >= 0.6 is 0 Å². The van der Waals surface area contributed by atoms with E-state index in [4.69, 9.17) is 4.74 Å². The zero-order valence-corrected chi connectivity index (χ0v) is 17.4. The third kappa shape index (κ3) is 4.67. The number of ether oxygens (including phenoxy) is 1. The van der Waals surface area contributed by atoms with Crippen LogP contribution in [-0.4, -0.2) is 24.3 Å². The molecule has 7 heteroatoms. The number of para-hydroxylation sites is 2. The molecule has 4 rings (SSSR count). The fourth-order valence-electron chi connectivity index (χ4n) is 3.19. The van der Waals surface area contributed by atoms with Gasteiger partial charge in [-0.2, -0.15) is 0 Å². The van der Waals surface area contributed by atoms with Gasteiger partial charge in [0.05, 0.1) is 5.69 Å². The summed E-state index contributed by atoms with van der Waals surface area (Å²) in [6.07, 6.45) is 1.52. The van der Waals surface area contributed by atoms with Crippen LogP contribution < -0.4 is 20.5 Å². The number of aryl methyl sites for hydroxylation is 1. The molecular formula is C25H21N3O4. The van der Waals surface area contributed by atoms with Gasteiger partial charge in [-0.15, -0.1) is 0 Å². The van der Waals surface area contributed by atoms with Crippen molar-refractivity contribution in [3.05, 3.63) is 95.6 Å². The summed E-state index contributed by atoms with van der Waals surface area (Å²) >= 11 is 0. The van der Waals surface area contributed by atoms with Crippen molar-refractivity contribution >= 4 is 35.2 Å². The van der Waals surface area contributed by atoms with Crippen LogP contribution in [0.5, 0.6) is 5.75 Å². The fourth-order valence-corrected chi connectivity index (χ4v) is 3.19. The first-order chi connectivity index (χ1) is 15.5. The van der Waals surface area contributed by atoms with Crippen LogP contribution in [-0.2, 0) is 14.4 Å². The summed E-state index contributed by atoms with van der Waals surface area (Å²) in [6.45, 7) is 1.78. The van der Waals surface area contributed by atoms with Crippen molar-refractivity contribution < 1.29 is 19.1 Å². The molecular weight excluding hydrogens is 406 g/mol. The van der Waals surface area contributed by atoms with Gasteiger partial charge in [0.1, 0.15) is 11.3 Å². The maximum absolute atomic E-state index is 12.6. The topological polar surface area (TPSA) is 87.7 Å². The molecule has 0 radical (unpaired) electrons. The highest BCUT2D eigenvalue weighted by atomic mass is 16.5. The van der Waals surface area contributed by atoms with Crippen LogP contribution in [0.15, 0.2) is 84.4 Å². The van der Waals surface area contributed by atoms with E-state index < -0.39 is 11.8 Å². The Morgan fingerprint density at radius 3 is 2.38 bits per heavy atom. The molecule has 160 valence electrons. The lowest BCUT2D eigenvalue weighted by Gasteiger charge is -2.13. The van der Waals surface area contributed by atoms with Crippen LogP contribution in [0.25, 0.3) is 6.08 Å². The predicted molar refractivity (Wildman–Crippen MR) is 122 cm³/mol. The van der Waals surface area contributed by atoms with Crippen molar-refractivity contribution in [3.63, 3.8) is 0 Å². The Labute approximate surface area is 185 Å². The lowest BCUT2D eigenvalue weighted by Crippen LogP contribution is -2.35. The number of nitrogens with one attached hydrogen (secondary N) is 2. The summed E-state index contributed by atoms with van der Waals surface area (Å²) in [5.74, 6) is -0.652. The summed E-state index contributed by atoms with van der Waals surface area (Å²) in [7, 11) is 0. The Balaban J connectivity index is 1.38. The van der Waals surface area contributed by atoms with Gasteiger partial charge in [0.15, 0.2) is 6.61 Å². The highest BCUT2D eigenvalue weighted by Crippen LogP contribution is 2.22. The lowest BCUT2D eigenvalue weighted by molar-refractivity contribution is -0.118. The highest BCUT2D eigenvalue weighted by molar-refractivity contribution is 6.31. The van der Waals surface area contributed by atoms with Gasteiger partial charge in [-0.3, -0.25) is 19.8 Å². The van der Waals surface area contributed by atoms with E-state index >= 15 is 0 Å². The van der Waals surface area contributed by atoms with Crippen molar-refractivity contribution in [2.45, 2.75) is 6.92 Å². The molecule has 0 saturated carbocycles. The molecule has 0 atom stereocenters. The number of benzene rings is 3. The van der Waals surface area contributed by atoms with Gasteiger partial charge in [0, 0.05) is 5.69 Å². The van der Waals surface area contributed by atoms with Gasteiger partial charge in [0.2, 0.25) is 0 Å². The SMILES string of the molecule is Cc1ccccc1NC(=O)COc1ccc(/C=C2/C(=O)NN(c3ccccc3)C2=O)cc1. The third-order valence-electron chi connectivity index (χ3n) is 4.89. The van der Waals surface area contributed by atoms with Gasteiger partial charge in [-0.05, 0) is 54.5 Å². The monoisotopic (exact) mass is 427 g/mol. The quantitative estimate of drug-likeness (QED) is 0.466. The third-order valence-corrected chi connectivity index (χ3v) is 4.89. The largest absolute Gasteiger partial charge is 0.484 e. The highest BCUT2D eigenvalue weighted by Gasteiger charge is 2.34. The Kier molecular flexibility index (Phi) is 5.98. The minimum absolute atomic E-state index is 0.0418. The fraction of sp³-hybridized carbons (Fsp3) is 0.0800. The van der Waals surface area contributed by atoms with E-state index in [0.717, 1.165) is 11.3 Å². The summed E-state index contributed by atoms with van der Waals surface area (Å²) in [5, 5.41) is 4.03. The molecule has 0 bridgehead atoms. The van der Waals surface area contributed by atoms with Gasteiger partial charge >= 0.3 is 0 Å². The average Bonchev–Trinajstić information content (AvgIpc) is 3.09. The molecule has 0 aromatic heterocycles. The average molecular weight is 427 g/mol. The number of nitrogens with zero attached hydrogens (tertiary/aromatic N) is 1. The molecule has 32 heavy (non-hydrogen) atoms. The van der Waals surface area contributed by atoms with Crippen LogP contribution in [0.1, 0.15) is 11.1 Å². The normalized spacial score (nSPS) is 14.4. The number of rotatable bonds is 6. The van der Waals surface area contributed by atoms with Gasteiger partial charge in [-0.1, -0.05) is 48.5 Å². The summed E-state index contributed by atoms with van der Waals surface area (Å²) in [5.41, 5.74) is 5.56. The number of hydrogen-bond acceptors (Lipinski definition) is 4. The van der Waals surface area contributed by atoms with Crippen LogP contribution in [0.2, 0.25) is 0 Å². The van der Waals surface area contributed by atoms with E-state index in [1.165, 1.54) is 11.1 Å². The number of hydrazine groups is 1. The molecule has 2 N–H and O–H groups in total. The molecule has 1 aliphatic heterocycles. The zero-order valence-electron chi connectivity index (χ0n) is 17.4. The standard InChI is InChI=1S/C25H21N3O4/c1-17-7-5-6-10-22(17)26-23(29)16-32-20-13-11-18(12-14-20)15-21-24(30)27-28(25(21)31)19-8-3-2-4-9-19/h2-15H,16H2,1H3,(H,26,29)(H,27,30)/b21-15-. The maximum atomic E-state index is 12.6. The molecule has 3 aromatic carbocycles. The molecule has 0 aliphatic carbocycles. The number of hydrogen-bond donors (Lipinski definition) is 2. The smallest absolute Gasteiger partial charge is 0.282 e. The van der Waals surface area contributed by atoms with E-state index in [0.29, 0.717) is 17.0 Å². The molecule has 1 fully saturated rings. The first-order valence-corrected chi connectivity index (χ1v) is 10.0. The van der Waals surface area contributed by atoms with Crippen LogP contribution in [0, 0.1) is 6.92 Å². The number of anilines is 2. The second kappa shape index (κ2) is 9.18. The number of carbonyl (C=O) groups is 3. The Bertz CT molecular complexity index is 1190. The second-order valence-corrected chi connectivity index (χ2v) is 7.20. The second-order valence-electron chi connectivity index (χ2n) is 7.20. The van der Waals surface area contributed by atoms with E-state index in [1.807, 2.05) is 37.3 Å². The number of carbonyl (C=O) groups excluding carboxylic acids is 3. The summed E-state index contributed by atoms with van der Waals surface area (Å²) in [4.78, 5) is 37.0. The summed E-state index contributed by atoms with van der Waals surface area (Å²) in [6, 6.07) is 23.2. The Morgan fingerprint density at radius 2 is 1.66 bits per heavy atom. The summed E-state index contributed by atoms with van der Waals surface area (Å²) < 4.78 is 5.53. The minimum Gasteiger partial charge on any atom is -0.484 e. The molecule has 1 heterocycles.